The molecule has 1 aromatic carbocycles. The molecule has 0 amide bonds. The second-order valence-corrected chi connectivity index (χ2v) is 5.78. The van der Waals surface area contributed by atoms with Gasteiger partial charge in [0.15, 0.2) is 0 Å². The first kappa shape index (κ1) is 14.0. The minimum Gasteiger partial charge on any atom is -0.480 e. The van der Waals surface area contributed by atoms with Crippen LogP contribution in [0.5, 0.6) is 0 Å². The van der Waals surface area contributed by atoms with Crippen LogP contribution in [0.3, 0.4) is 0 Å². The molecular weight excluding hydrogens is 294 g/mol. The number of para-hydroxylation sites is 2. The molecule has 2 N–H and O–H groups in total. The van der Waals surface area contributed by atoms with Gasteiger partial charge in [-0.05, 0) is 12.1 Å². The van der Waals surface area contributed by atoms with E-state index in [1.54, 1.807) is 6.33 Å². The van der Waals surface area contributed by atoms with Gasteiger partial charge in [-0.25, -0.2) is 9.97 Å². The van der Waals surface area contributed by atoms with Crippen LogP contribution in [0.4, 0.5) is 0 Å². The van der Waals surface area contributed by atoms with Crippen molar-refractivity contribution >= 4 is 17.0 Å². The molecule has 23 heavy (non-hydrogen) atoms. The average Bonchev–Trinajstić information content (AvgIpc) is 3.18. The predicted molar refractivity (Wildman–Crippen MR) is 83.9 cm³/mol. The molecule has 7 nitrogen and oxygen atoms in total. The molecule has 1 unspecified atom stereocenters. The molecule has 0 saturated heterocycles. The summed E-state index contributed by atoms with van der Waals surface area (Å²) < 4.78 is 2.07. The Bertz CT molecular complexity index is 853. The van der Waals surface area contributed by atoms with Gasteiger partial charge in [-0.2, -0.15) is 0 Å². The highest BCUT2D eigenvalue weighted by atomic mass is 16.4. The molecule has 1 aliphatic rings. The van der Waals surface area contributed by atoms with Gasteiger partial charge in [-0.15, -0.1) is 0 Å². The first-order valence-corrected chi connectivity index (χ1v) is 7.60. The van der Waals surface area contributed by atoms with Crippen molar-refractivity contribution in [2.45, 2.75) is 25.6 Å². The summed E-state index contributed by atoms with van der Waals surface area (Å²) in [6, 6.07) is 7.42. The number of fused-ring (bicyclic) bond motifs is 2. The lowest BCUT2D eigenvalue weighted by molar-refractivity contribution is -0.144. The summed E-state index contributed by atoms with van der Waals surface area (Å²) in [5.74, 6) is -0.797. The van der Waals surface area contributed by atoms with Crippen LogP contribution in [0.15, 0.2) is 36.9 Å². The quantitative estimate of drug-likeness (QED) is 0.758. The topological polar surface area (TPSA) is 87.0 Å². The summed E-state index contributed by atoms with van der Waals surface area (Å²) in [5, 5.41) is 9.50. The maximum absolute atomic E-state index is 11.6. The first-order chi connectivity index (χ1) is 11.2. The summed E-state index contributed by atoms with van der Waals surface area (Å²) in [6.07, 6.45) is 3.89. The van der Waals surface area contributed by atoms with Crippen LogP contribution >= 0.6 is 0 Å². The van der Waals surface area contributed by atoms with Crippen molar-refractivity contribution in [1.82, 2.24) is 24.4 Å². The average molecular weight is 311 g/mol. The number of benzene rings is 1. The molecule has 7 heteroatoms. The van der Waals surface area contributed by atoms with Crippen LogP contribution in [0.1, 0.15) is 11.4 Å². The molecule has 0 saturated carbocycles. The summed E-state index contributed by atoms with van der Waals surface area (Å²) in [7, 11) is 0. The SMILES string of the molecule is O=C(O)C1Cc2nc[nH]c2CN1CCn1cnc2ccccc21. The molecule has 0 aliphatic carbocycles. The summed E-state index contributed by atoms with van der Waals surface area (Å²) in [5.41, 5.74) is 3.90. The van der Waals surface area contributed by atoms with Crippen LogP contribution in [0.2, 0.25) is 0 Å². The second kappa shape index (κ2) is 5.51. The predicted octanol–water partition coefficient (Wildman–Crippen LogP) is 1.27. The van der Waals surface area contributed by atoms with E-state index in [0.717, 1.165) is 22.4 Å². The summed E-state index contributed by atoms with van der Waals surface area (Å²) >= 11 is 0. The Morgan fingerprint density at radius 3 is 3.04 bits per heavy atom. The van der Waals surface area contributed by atoms with Crippen LogP contribution in [-0.4, -0.2) is 48.1 Å². The molecule has 1 aliphatic heterocycles. The molecular formula is C16H17N5O2. The third-order valence-corrected chi connectivity index (χ3v) is 4.44. The lowest BCUT2D eigenvalue weighted by Crippen LogP contribution is -2.46. The highest BCUT2D eigenvalue weighted by molar-refractivity contribution is 5.75. The number of imidazole rings is 2. The van der Waals surface area contributed by atoms with Crippen LogP contribution < -0.4 is 0 Å². The number of carboxylic acid groups (broad SMARTS) is 1. The summed E-state index contributed by atoms with van der Waals surface area (Å²) in [4.78, 5) is 25.3. The molecule has 4 rings (SSSR count). The third kappa shape index (κ3) is 2.49. The number of nitrogens with one attached hydrogen (secondary N) is 1. The normalized spacial score (nSPS) is 18.2. The zero-order valence-electron chi connectivity index (χ0n) is 12.5. The van der Waals surface area contributed by atoms with Crippen LogP contribution in [0.25, 0.3) is 11.0 Å². The largest absolute Gasteiger partial charge is 0.480 e. The van der Waals surface area contributed by atoms with E-state index in [-0.39, 0.29) is 0 Å². The Hall–Kier alpha value is -2.67. The number of aliphatic carboxylic acids is 1. The van der Waals surface area contributed by atoms with Crippen LogP contribution in [0, 0.1) is 0 Å². The number of nitrogens with zero attached hydrogens (tertiary/aromatic N) is 4. The fourth-order valence-corrected chi connectivity index (χ4v) is 3.19. The molecule has 2 aromatic heterocycles. The molecule has 1 atom stereocenters. The van der Waals surface area contributed by atoms with Crippen molar-refractivity contribution in [1.29, 1.82) is 0 Å². The lowest BCUT2D eigenvalue weighted by atomic mass is 10.0. The molecule has 3 heterocycles. The molecule has 0 spiro atoms. The fraction of sp³-hybridized carbons (Fsp3) is 0.312. The van der Waals surface area contributed by atoms with Crippen molar-refractivity contribution in [3.63, 3.8) is 0 Å². The number of H-pyrrole nitrogens is 1. The minimum atomic E-state index is -0.797. The van der Waals surface area contributed by atoms with Crippen molar-refractivity contribution < 1.29 is 9.90 Å². The Balaban J connectivity index is 1.54. The van der Waals surface area contributed by atoms with Gasteiger partial charge in [0.05, 0.1) is 35.1 Å². The van der Waals surface area contributed by atoms with Crippen molar-refractivity contribution in [3.8, 4) is 0 Å². The van der Waals surface area contributed by atoms with E-state index in [9.17, 15) is 9.90 Å². The highest BCUT2D eigenvalue weighted by Gasteiger charge is 2.32. The van der Waals surface area contributed by atoms with Gasteiger partial charge in [-0.1, -0.05) is 12.1 Å². The zero-order chi connectivity index (χ0) is 15.8. The number of aromatic amines is 1. The highest BCUT2D eigenvalue weighted by Crippen LogP contribution is 2.21. The van der Waals surface area contributed by atoms with E-state index in [4.69, 9.17) is 0 Å². The number of carbonyl (C=O) groups is 1. The molecule has 0 fully saturated rings. The zero-order valence-corrected chi connectivity index (χ0v) is 12.5. The van der Waals surface area contributed by atoms with E-state index >= 15 is 0 Å². The van der Waals surface area contributed by atoms with Crippen molar-refractivity contribution in [2.75, 3.05) is 6.54 Å². The van der Waals surface area contributed by atoms with Crippen molar-refractivity contribution in [2.24, 2.45) is 0 Å². The smallest absolute Gasteiger partial charge is 0.321 e. The number of carboxylic acids is 1. The molecule has 0 bridgehead atoms. The van der Waals surface area contributed by atoms with Gasteiger partial charge in [0, 0.05) is 26.1 Å². The number of aromatic nitrogens is 4. The fourth-order valence-electron chi connectivity index (χ4n) is 3.19. The Morgan fingerprint density at radius 1 is 1.30 bits per heavy atom. The molecule has 0 radical (unpaired) electrons. The van der Waals surface area contributed by atoms with Crippen molar-refractivity contribution in [3.05, 3.63) is 48.3 Å². The van der Waals surface area contributed by atoms with Gasteiger partial charge in [0.25, 0.3) is 0 Å². The van der Waals surface area contributed by atoms with Gasteiger partial charge >= 0.3 is 5.97 Å². The Kier molecular flexibility index (Phi) is 3.34. The van der Waals surface area contributed by atoms with E-state index in [0.29, 0.717) is 26.1 Å². The van der Waals surface area contributed by atoms with Crippen LogP contribution in [-0.2, 0) is 24.3 Å². The van der Waals surface area contributed by atoms with E-state index in [2.05, 4.69) is 19.5 Å². The lowest BCUT2D eigenvalue weighted by Gasteiger charge is -2.32. The maximum atomic E-state index is 11.6. The number of hydrogen-bond acceptors (Lipinski definition) is 4. The molecule has 3 aromatic rings. The number of rotatable bonds is 4. The Morgan fingerprint density at radius 2 is 2.17 bits per heavy atom. The summed E-state index contributed by atoms with van der Waals surface area (Å²) in [6.45, 7) is 1.93. The Labute approximate surface area is 132 Å². The standard InChI is InChI=1S/C16H17N5O2/c22-16(23)15-7-12-13(18-9-17-12)8-20(15)5-6-21-10-19-11-3-1-2-4-14(11)21/h1-4,9-10,15H,5-8H2,(H,17,18)(H,22,23). The maximum Gasteiger partial charge on any atom is 0.321 e. The third-order valence-electron chi connectivity index (χ3n) is 4.44. The van der Waals surface area contributed by atoms with Gasteiger partial charge < -0.3 is 14.7 Å². The minimum absolute atomic E-state index is 0.443. The monoisotopic (exact) mass is 311 g/mol. The number of hydrogen-bond donors (Lipinski definition) is 2. The van der Waals surface area contributed by atoms with Gasteiger partial charge in [0.1, 0.15) is 6.04 Å². The van der Waals surface area contributed by atoms with E-state index < -0.39 is 12.0 Å². The van der Waals surface area contributed by atoms with E-state index in [1.165, 1.54) is 0 Å². The first-order valence-electron chi connectivity index (χ1n) is 7.60. The van der Waals surface area contributed by atoms with Gasteiger partial charge in [0.2, 0.25) is 0 Å². The second-order valence-electron chi connectivity index (χ2n) is 5.78. The van der Waals surface area contributed by atoms with Gasteiger partial charge in [-0.3, -0.25) is 9.69 Å². The molecule has 118 valence electrons. The van der Waals surface area contributed by atoms with E-state index in [1.807, 2.05) is 35.5 Å².